The lowest BCUT2D eigenvalue weighted by molar-refractivity contribution is 0.0218. The fraction of sp³-hybridized carbons (Fsp3) is 0.611. The number of aliphatic hydroxyl groups excluding tert-OH is 1. The van der Waals surface area contributed by atoms with Crippen LogP contribution in [-0.2, 0) is 4.74 Å². The predicted octanol–water partition coefficient (Wildman–Crippen LogP) is 1.54. The quantitative estimate of drug-likeness (QED) is 0.864. The summed E-state index contributed by atoms with van der Waals surface area (Å²) < 4.78 is 5.26. The summed E-state index contributed by atoms with van der Waals surface area (Å²) in [6.45, 7) is 8.69. The standard InChI is InChI=1S/C18H28N2O3/c1-3-23-14-17(21)13-19-8-5-9-20(11-10-19)18(22)16-7-4-6-15(2)12-16/h4,6-7,12,17,21H,3,5,8-11,13-14H2,1-2H3. The van der Waals surface area contributed by atoms with Crippen LogP contribution in [0.15, 0.2) is 24.3 Å². The average molecular weight is 320 g/mol. The number of nitrogens with zero attached hydrogens (tertiary/aromatic N) is 2. The minimum atomic E-state index is -0.464. The van der Waals surface area contributed by atoms with Gasteiger partial charge < -0.3 is 14.7 Å². The van der Waals surface area contributed by atoms with Gasteiger partial charge in [-0.3, -0.25) is 9.69 Å². The number of carbonyl (C=O) groups is 1. The molecular weight excluding hydrogens is 292 g/mol. The van der Waals surface area contributed by atoms with E-state index in [1.807, 2.05) is 43.0 Å². The highest BCUT2D eigenvalue weighted by Gasteiger charge is 2.21. The minimum Gasteiger partial charge on any atom is -0.389 e. The topological polar surface area (TPSA) is 53.0 Å². The second-order valence-electron chi connectivity index (χ2n) is 6.13. The molecule has 1 aliphatic rings. The number of aryl methyl sites for hydroxylation is 1. The Kier molecular flexibility index (Phi) is 7.02. The summed E-state index contributed by atoms with van der Waals surface area (Å²) >= 11 is 0. The molecule has 1 heterocycles. The lowest BCUT2D eigenvalue weighted by Gasteiger charge is -2.24. The molecule has 1 fully saturated rings. The zero-order valence-electron chi connectivity index (χ0n) is 14.2. The molecule has 23 heavy (non-hydrogen) atoms. The highest BCUT2D eigenvalue weighted by atomic mass is 16.5. The molecule has 0 saturated carbocycles. The van der Waals surface area contributed by atoms with E-state index in [1.54, 1.807) is 0 Å². The first-order valence-electron chi connectivity index (χ1n) is 8.44. The van der Waals surface area contributed by atoms with Crippen LogP contribution in [0.25, 0.3) is 0 Å². The summed E-state index contributed by atoms with van der Waals surface area (Å²) in [5, 5.41) is 9.96. The first-order valence-corrected chi connectivity index (χ1v) is 8.44. The van der Waals surface area contributed by atoms with E-state index in [4.69, 9.17) is 4.74 Å². The Labute approximate surface area is 138 Å². The van der Waals surface area contributed by atoms with Gasteiger partial charge in [0.15, 0.2) is 0 Å². The van der Waals surface area contributed by atoms with Crippen molar-refractivity contribution in [2.45, 2.75) is 26.4 Å². The molecule has 1 N–H and O–H groups in total. The molecule has 1 unspecified atom stereocenters. The minimum absolute atomic E-state index is 0.102. The summed E-state index contributed by atoms with van der Waals surface area (Å²) in [7, 11) is 0. The molecule has 1 atom stereocenters. The number of hydrogen-bond acceptors (Lipinski definition) is 4. The van der Waals surface area contributed by atoms with Crippen LogP contribution < -0.4 is 0 Å². The van der Waals surface area contributed by atoms with Crippen LogP contribution >= 0.6 is 0 Å². The molecule has 1 aliphatic heterocycles. The SMILES string of the molecule is CCOCC(O)CN1CCCN(C(=O)c2cccc(C)c2)CC1. The van der Waals surface area contributed by atoms with E-state index in [-0.39, 0.29) is 5.91 Å². The Bertz CT molecular complexity index is 507. The Morgan fingerprint density at radius 1 is 1.30 bits per heavy atom. The molecule has 1 aromatic carbocycles. The lowest BCUT2D eigenvalue weighted by Crippen LogP contribution is -2.38. The van der Waals surface area contributed by atoms with Crippen molar-refractivity contribution in [3.8, 4) is 0 Å². The number of hydrogen-bond donors (Lipinski definition) is 1. The maximum Gasteiger partial charge on any atom is 0.253 e. The van der Waals surface area contributed by atoms with Crippen molar-refractivity contribution >= 4 is 5.91 Å². The normalized spacial score (nSPS) is 17.8. The van der Waals surface area contributed by atoms with Crippen LogP contribution in [0, 0.1) is 6.92 Å². The molecule has 0 radical (unpaired) electrons. The van der Waals surface area contributed by atoms with Crippen LogP contribution in [-0.4, -0.2) is 72.9 Å². The maximum absolute atomic E-state index is 12.6. The molecule has 1 saturated heterocycles. The van der Waals surface area contributed by atoms with Crippen LogP contribution in [0.4, 0.5) is 0 Å². The number of carbonyl (C=O) groups excluding carboxylic acids is 1. The number of aliphatic hydroxyl groups is 1. The zero-order chi connectivity index (χ0) is 16.7. The lowest BCUT2D eigenvalue weighted by atomic mass is 10.1. The fourth-order valence-electron chi connectivity index (χ4n) is 2.92. The summed E-state index contributed by atoms with van der Waals surface area (Å²) in [4.78, 5) is 16.7. The van der Waals surface area contributed by atoms with Gasteiger partial charge in [-0.15, -0.1) is 0 Å². The molecule has 0 bridgehead atoms. The van der Waals surface area contributed by atoms with Gasteiger partial charge in [0.05, 0.1) is 12.7 Å². The Morgan fingerprint density at radius 3 is 2.87 bits per heavy atom. The maximum atomic E-state index is 12.6. The van der Waals surface area contributed by atoms with E-state index in [9.17, 15) is 9.90 Å². The molecule has 128 valence electrons. The van der Waals surface area contributed by atoms with Gasteiger partial charge in [0.2, 0.25) is 0 Å². The van der Waals surface area contributed by atoms with E-state index in [0.29, 0.717) is 26.3 Å². The number of β-amino-alcohol motifs (C(OH)–C–C–N with tert-alkyl or cyclic N) is 1. The molecule has 0 aromatic heterocycles. The van der Waals surface area contributed by atoms with Crippen LogP contribution in [0.3, 0.4) is 0 Å². The Balaban J connectivity index is 1.87. The highest BCUT2D eigenvalue weighted by Crippen LogP contribution is 2.11. The summed E-state index contributed by atoms with van der Waals surface area (Å²) in [6.07, 6.45) is 0.466. The summed E-state index contributed by atoms with van der Waals surface area (Å²) in [6, 6.07) is 7.75. The first kappa shape index (κ1) is 17.9. The molecule has 0 spiro atoms. The van der Waals surface area contributed by atoms with Crippen LogP contribution in [0.1, 0.15) is 29.3 Å². The van der Waals surface area contributed by atoms with E-state index >= 15 is 0 Å². The van der Waals surface area contributed by atoms with Gasteiger partial charge >= 0.3 is 0 Å². The third-order valence-corrected chi connectivity index (χ3v) is 4.12. The first-order chi connectivity index (χ1) is 11.1. The Hall–Kier alpha value is -1.43. The monoisotopic (exact) mass is 320 g/mol. The molecule has 2 rings (SSSR count). The van der Waals surface area contributed by atoms with Crippen LogP contribution in [0.2, 0.25) is 0 Å². The number of rotatable bonds is 6. The van der Waals surface area contributed by atoms with Crippen molar-refractivity contribution in [2.75, 3.05) is 45.9 Å². The molecule has 0 aliphatic carbocycles. The van der Waals surface area contributed by atoms with Gasteiger partial charge in [-0.25, -0.2) is 0 Å². The van der Waals surface area contributed by atoms with Crippen molar-refractivity contribution in [1.82, 2.24) is 9.80 Å². The smallest absolute Gasteiger partial charge is 0.253 e. The van der Waals surface area contributed by atoms with Gasteiger partial charge in [0.1, 0.15) is 0 Å². The molecule has 5 heteroatoms. The summed E-state index contributed by atoms with van der Waals surface area (Å²) in [5.74, 6) is 0.102. The average Bonchev–Trinajstić information content (AvgIpc) is 2.78. The fourth-order valence-corrected chi connectivity index (χ4v) is 2.92. The van der Waals surface area contributed by atoms with Gasteiger partial charge in [-0.2, -0.15) is 0 Å². The van der Waals surface area contributed by atoms with Crippen molar-refractivity contribution in [3.05, 3.63) is 35.4 Å². The highest BCUT2D eigenvalue weighted by molar-refractivity contribution is 5.94. The van der Waals surface area contributed by atoms with E-state index in [0.717, 1.165) is 37.2 Å². The van der Waals surface area contributed by atoms with Gasteiger partial charge in [-0.05, 0) is 38.9 Å². The number of ether oxygens (including phenoxy) is 1. The second-order valence-corrected chi connectivity index (χ2v) is 6.13. The third-order valence-electron chi connectivity index (χ3n) is 4.12. The zero-order valence-corrected chi connectivity index (χ0v) is 14.2. The Morgan fingerprint density at radius 2 is 2.13 bits per heavy atom. The third kappa shape index (κ3) is 5.61. The summed E-state index contributed by atoms with van der Waals surface area (Å²) in [5.41, 5.74) is 1.86. The van der Waals surface area contributed by atoms with E-state index < -0.39 is 6.10 Å². The van der Waals surface area contributed by atoms with Crippen LogP contribution in [0.5, 0.6) is 0 Å². The van der Waals surface area contributed by atoms with Gasteiger partial charge in [-0.1, -0.05) is 17.7 Å². The van der Waals surface area contributed by atoms with Crippen molar-refractivity contribution in [3.63, 3.8) is 0 Å². The van der Waals surface area contributed by atoms with Gasteiger partial charge in [0, 0.05) is 38.3 Å². The van der Waals surface area contributed by atoms with Crippen molar-refractivity contribution < 1.29 is 14.6 Å². The second kappa shape index (κ2) is 9.01. The van der Waals surface area contributed by atoms with E-state index in [1.165, 1.54) is 0 Å². The molecule has 1 aromatic rings. The predicted molar refractivity (Wildman–Crippen MR) is 90.6 cm³/mol. The molecule has 5 nitrogen and oxygen atoms in total. The number of benzene rings is 1. The van der Waals surface area contributed by atoms with Crippen molar-refractivity contribution in [2.24, 2.45) is 0 Å². The number of amides is 1. The van der Waals surface area contributed by atoms with Gasteiger partial charge in [0.25, 0.3) is 5.91 Å². The molecule has 1 amide bonds. The van der Waals surface area contributed by atoms with E-state index in [2.05, 4.69) is 4.90 Å². The largest absolute Gasteiger partial charge is 0.389 e. The van der Waals surface area contributed by atoms with Crippen molar-refractivity contribution in [1.29, 1.82) is 0 Å². The molecular formula is C18H28N2O3.